The molecule has 9 heteroatoms. The van der Waals surface area contributed by atoms with E-state index in [9.17, 15) is 4.79 Å². The molecule has 0 amide bonds. The van der Waals surface area contributed by atoms with Gasteiger partial charge in [0.2, 0.25) is 5.95 Å². The molecule has 1 aliphatic carbocycles. The Labute approximate surface area is 235 Å². The molecule has 0 radical (unpaired) electrons. The highest BCUT2D eigenvalue weighted by Gasteiger charge is 2.35. The molecule has 3 aromatic heterocycles. The summed E-state index contributed by atoms with van der Waals surface area (Å²) in [7, 11) is 2.17. The molecular formula is C31H38N8O. The number of anilines is 3. The highest BCUT2D eigenvalue weighted by Crippen LogP contribution is 2.40. The molecule has 1 atom stereocenters. The van der Waals surface area contributed by atoms with Gasteiger partial charge in [-0.2, -0.15) is 4.98 Å². The lowest BCUT2D eigenvalue weighted by Gasteiger charge is -2.35. The number of fused-ring (bicyclic) bond motifs is 2. The Hall–Kier alpha value is -3.98. The minimum absolute atomic E-state index is 0.0354. The third-order valence-corrected chi connectivity index (χ3v) is 8.75. The standard InChI is InChI=1S/C31H38N8O/c1-6-14-38-29(40)24-20-32-30(33-23-9-10-25(21(3)19-23)37-17-15-36(5)16-18-37)35-28(24)39(38)26-11-8-22-12-13-31(4,7-2)27(22)34-26/h6,8-11,19-20H,1,7,12-18H2,2-5H3,(H,32,33,35)/t31-/m0/s1. The summed E-state index contributed by atoms with van der Waals surface area (Å²) in [4.78, 5) is 32.7. The van der Waals surface area contributed by atoms with Gasteiger partial charge in [0.25, 0.3) is 5.56 Å². The van der Waals surface area contributed by atoms with Gasteiger partial charge in [0.15, 0.2) is 11.5 Å². The van der Waals surface area contributed by atoms with Crippen LogP contribution in [0, 0.1) is 6.92 Å². The first kappa shape index (κ1) is 26.3. The zero-order valence-corrected chi connectivity index (χ0v) is 23.9. The predicted octanol–water partition coefficient (Wildman–Crippen LogP) is 4.58. The van der Waals surface area contributed by atoms with Crippen molar-refractivity contribution in [1.29, 1.82) is 0 Å². The van der Waals surface area contributed by atoms with Gasteiger partial charge in [-0.15, -0.1) is 6.58 Å². The van der Waals surface area contributed by atoms with E-state index < -0.39 is 0 Å². The quantitative estimate of drug-likeness (QED) is 0.345. The van der Waals surface area contributed by atoms with Gasteiger partial charge in [0.05, 0.1) is 12.2 Å². The van der Waals surface area contributed by atoms with Gasteiger partial charge in [-0.3, -0.25) is 4.79 Å². The van der Waals surface area contributed by atoms with E-state index in [2.05, 4.69) is 78.8 Å². The summed E-state index contributed by atoms with van der Waals surface area (Å²) in [6.45, 7) is 15.0. The first-order chi connectivity index (χ1) is 19.3. The molecule has 4 aromatic rings. The van der Waals surface area contributed by atoms with Crippen LogP contribution in [0.25, 0.3) is 16.9 Å². The molecule has 2 aliphatic rings. The second-order valence-corrected chi connectivity index (χ2v) is 11.4. The number of rotatable bonds is 7. The van der Waals surface area contributed by atoms with Crippen LogP contribution >= 0.6 is 0 Å². The molecule has 6 rings (SSSR count). The van der Waals surface area contributed by atoms with Crippen molar-refractivity contribution in [2.75, 3.05) is 43.4 Å². The van der Waals surface area contributed by atoms with Crippen LogP contribution in [-0.4, -0.2) is 62.4 Å². The topological polar surface area (TPSA) is 84.1 Å². The van der Waals surface area contributed by atoms with E-state index >= 15 is 0 Å². The second-order valence-electron chi connectivity index (χ2n) is 11.4. The Morgan fingerprint density at radius 3 is 2.65 bits per heavy atom. The number of allylic oxidation sites excluding steroid dienone is 1. The summed E-state index contributed by atoms with van der Waals surface area (Å²) >= 11 is 0. The van der Waals surface area contributed by atoms with Crippen LogP contribution < -0.4 is 15.8 Å². The molecule has 1 aliphatic heterocycles. The van der Waals surface area contributed by atoms with Gasteiger partial charge < -0.3 is 15.1 Å². The molecule has 0 saturated carbocycles. The molecule has 1 N–H and O–H groups in total. The van der Waals surface area contributed by atoms with E-state index in [0.29, 0.717) is 29.3 Å². The minimum atomic E-state index is -0.158. The van der Waals surface area contributed by atoms with Crippen LogP contribution in [0.15, 0.2) is 54.0 Å². The summed E-state index contributed by atoms with van der Waals surface area (Å²) in [5.74, 6) is 1.12. The van der Waals surface area contributed by atoms with Gasteiger partial charge in [-0.1, -0.05) is 26.0 Å². The molecule has 4 heterocycles. The summed E-state index contributed by atoms with van der Waals surface area (Å²) in [5, 5.41) is 3.82. The minimum Gasteiger partial charge on any atom is -0.369 e. The molecule has 1 saturated heterocycles. The van der Waals surface area contributed by atoms with Crippen molar-refractivity contribution in [2.45, 2.75) is 52.0 Å². The number of nitrogens with zero attached hydrogens (tertiary/aromatic N) is 7. The SMILES string of the molecule is C=CCn1c(=O)c2cnc(Nc3ccc(N4CCN(C)CC4)c(C)c3)nc2n1-c1ccc2c(n1)[C@@](C)(CC)CC2. The molecule has 1 fully saturated rings. The van der Waals surface area contributed by atoms with Crippen LogP contribution in [0.5, 0.6) is 0 Å². The number of benzene rings is 1. The number of nitrogens with one attached hydrogen (secondary N) is 1. The van der Waals surface area contributed by atoms with Gasteiger partial charge >= 0.3 is 0 Å². The summed E-state index contributed by atoms with van der Waals surface area (Å²) in [6, 6.07) is 10.5. The zero-order chi connectivity index (χ0) is 28.0. The lowest BCUT2D eigenvalue weighted by molar-refractivity contribution is 0.312. The van der Waals surface area contributed by atoms with Crippen molar-refractivity contribution in [1.82, 2.24) is 29.2 Å². The fraction of sp³-hybridized carbons (Fsp3) is 0.419. The molecule has 0 bridgehead atoms. The van der Waals surface area contributed by atoms with E-state index in [-0.39, 0.29) is 11.0 Å². The molecule has 208 valence electrons. The second kappa shape index (κ2) is 10.2. The molecule has 0 spiro atoms. The van der Waals surface area contributed by atoms with Gasteiger partial charge in [0, 0.05) is 49.2 Å². The molecule has 1 aromatic carbocycles. The van der Waals surface area contributed by atoms with E-state index in [0.717, 1.165) is 56.8 Å². The maximum absolute atomic E-state index is 13.4. The first-order valence-corrected chi connectivity index (χ1v) is 14.2. The summed E-state index contributed by atoms with van der Waals surface area (Å²) in [6.07, 6.45) is 6.47. The number of pyridine rings is 1. The average molecular weight is 539 g/mol. The predicted molar refractivity (Wildman–Crippen MR) is 161 cm³/mol. The summed E-state index contributed by atoms with van der Waals surface area (Å²) in [5.41, 5.74) is 6.17. The van der Waals surface area contributed by atoms with Crippen molar-refractivity contribution in [3.8, 4) is 5.82 Å². The Bertz CT molecular complexity index is 1650. The van der Waals surface area contributed by atoms with Gasteiger partial charge in [-0.25, -0.2) is 19.3 Å². The Balaban J connectivity index is 1.38. The first-order valence-electron chi connectivity index (χ1n) is 14.2. The molecular weight excluding hydrogens is 500 g/mol. The normalized spacial score (nSPS) is 19.2. The van der Waals surface area contributed by atoms with Gasteiger partial charge in [0.1, 0.15) is 5.39 Å². The van der Waals surface area contributed by atoms with Crippen molar-refractivity contribution in [2.24, 2.45) is 0 Å². The van der Waals surface area contributed by atoms with Crippen molar-refractivity contribution >= 4 is 28.4 Å². The largest absolute Gasteiger partial charge is 0.369 e. The van der Waals surface area contributed by atoms with Crippen LogP contribution in [0.2, 0.25) is 0 Å². The van der Waals surface area contributed by atoms with Crippen LogP contribution in [0.4, 0.5) is 17.3 Å². The monoisotopic (exact) mass is 538 g/mol. The van der Waals surface area contributed by atoms with E-state index in [1.807, 2.05) is 10.7 Å². The van der Waals surface area contributed by atoms with E-state index in [1.165, 1.54) is 16.8 Å². The third kappa shape index (κ3) is 4.48. The van der Waals surface area contributed by atoms with E-state index in [1.54, 1.807) is 17.0 Å². The lowest BCUT2D eigenvalue weighted by Crippen LogP contribution is -2.44. The number of hydrogen-bond donors (Lipinski definition) is 1. The van der Waals surface area contributed by atoms with E-state index in [4.69, 9.17) is 9.97 Å². The zero-order valence-electron chi connectivity index (χ0n) is 23.9. The van der Waals surface area contributed by atoms with Crippen LogP contribution in [0.1, 0.15) is 43.5 Å². The number of aromatic nitrogens is 5. The molecule has 9 nitrogen and oxygen atoms in total. The van der Waals surface area contributed by atoms with Gasteiger partial charge in [-0.05, 0) is 68.6 Å². The lowest BCUT2D eigenvalue weighted by atomic mass is 9.85. The smallest absolute Gasteiger partial charge is 0.278 e. The highest BCUT2D eigenvalue weighted by atomic mass is 16.1. The maximum Gasteiger partial charge on any atom is 0.278 e. The van der Waals surface area contributed by atoms with Crippen molar-refractivity contribution in [3.63, 3.8) is 0 Å². The molecule has 0 unspecified atom stereocenters. The molecule has 40 heavy (non-hydrogen) atoms. The Morgan fingerprint density at radius 1 is 1.12 bits per heavy atom. The number of likely N-dealkylation sites (N-methyl/N-ethyl adjacent to an activating group) is 1. The Kier molecular flexibility index (Phi) is 6.70. The third-order valence-electron chi connectivity index (χ3n) is 8.75. The number of piperazine rings is 1. The Morgan fingerprint density at radius 2 is 1.93 bits per heavy atom. The van der Waals surface area contributed by atoms with Crippen molar-refractivity contribution in [3.05, 3.63) is 76.4 Å². The number of hydrogen-bond acceptors (Lipinski definition) is 7. The highest BCUT2D eigenvalue weighted by molar-refractivity contribution is 5.77. The van der Waals surface area contributed by atoms with Crippen molar-refractivity contribution < 1.29 is 0 Å². The fourth-order valence-electron chi connectivity index (χ4n) is 6.07. The fourth-order valence-corrected chi connectivity index (χ4v) is 6.07. The maximum atomic E-state index is 13.4. The van der Waals surface area contributed by atoms with Crippen LogP contribution in [0.3, 0.4) is 0 Å². The average Bonchev–Trinajstić information content (AvgIpc) is 3.43. The van der Waals surface area contributed by atoms with Crippen LogP contribution in [-0.2, 0) is 18.4 Å². The number of aryl methyl sites for hydroxylation is 2. The summed E-state index contributed by atoms with van der Waals surface area (Å²) < 4.78 is 3.46.